The first-order valence-corrected chi connectivity index (χ1v) is 8.91. The summed E-state index contributed by atoms with van der Waals surface area (Å²) < 4.78 is 5.46. The monoisotopic (exact) mass is 331 g/mol. The summed E-state index contributed by atoms with van der Waals surface area (Å²) in [7, 11) is 0. The first-order valence-electron chi connectivity index (χ1n) is 7.75. The van der Waals surface area contributed by atoms with Gasteiger partial charge in [-0.05, 0) is 44.8 Å². The predicted octanol–water partition coefficient (Wildman–Crippen LogP) is 3.62. The number of carbonyl (C=O) groups is 2. The van der Waals surface area contributed by atoms with Gasteiger partial charge in [0.1, 0.15) is 5.60 Å². The normalized spacial score (nSPS) is 24.6. The maximum absolute atomic E-state index is 12.6. The van der Waals surface area contributed by atoms with Gasteiger partial charge < -0.3 is 9.84 Å². The Bertz CT molecular complexity index is 430. The second-order valence-corrected chi connectivity index (χ2v) is 8.79. The Morgan fingerprint density at radius 3 is 2.27 bits per heavy atom. The van der Waals surface area contributed by atoms with Crippen molar-refractivity contribution in [1.29, 1.82) is 0 Å². The summed E-state index contributed by atoms with van der Waals surface area (Å²) in [6.07, 6.45) is 0.607. The van der Waals surface area contributed by atoms with Gasteiger partial charge in [0.2, 0.25) is 0 Å². The molecule has 0 spiro atoms. The highest BCUT2D eigenvalue weighted by molar-refractivity contribution is 7.99. The van der Waals surface area contributed by atoms with Gasteiger partial charge in [-0.1, -0.05) is 20.8 Å². The predicted molar refractivity (Wildman–Crippen MR) is 89.3 cm³/mol. The van der Waals surface area contributed by atoms with Crippen LogP contribution < -0.4 is 0 Å². The quantitative estimate of drug-likeness (QED) is 0.852. The Morgan fingerprint density at radius 1 is 1.27 bits per heavy atom. The fourth-order valence-corrected chi connectivity index (χ4v) is 4.31. The Morgan fingerprint density at radius 2 is 1.86 bits per heavy atom. The highest BCUT2D eigenvalue weighted by Crippen LogP contribution is 2.43. The van der Waals surface area contributed by atoms with E-state index in [-0.39, 0.29) is 5.41 Å². The second kappa shape index (κ2) is 6.69. The Hall–Kier alpha value is -0.910. The number of amides is 1. The van der Waals surface area contributed by atoms with Crippen LogP contribution >= 0.6 is 11.8 Å². The van der Waals surface area contributed by atoms with Gasteiger partial charge in [-0.2, -0.15) is 11.8 Å². The highest BCUT2D eigenvalue weighted by Gasteiger charge is 2.52. The molecule has 0 aliphatic carbocycles. The van der Waals surface area contributed by atoms with Crippen LogP contribution in [0.25, 0.3) is 0 Å². The number of hydrogen-bond donors (Lipinski definition) is 1. The van der Waals surface area contributed by atoms with Crippen LogP contribution in [0.5, 0.6) is 0 Å². The fraction of sp³-hybridized carbons (Fsp3) is 0.875. The highest BCUT2D eigenvalue weighted by atomic mass is 32.2. The maximum Gasteiger partial charge on any atom is 0.411 e. The van der Waals surface area contributed by atoms with Crippen LogP contribution in [0.2, 0.25) is 0 Å². The first-order chi connectivity index (χ1) is 9.93. The minimum atomic E-state index is -1.19. The number of thioether (sulfide) groups is 1. The van der Waals surface area contributed by atoms with Gasteiger partial charge in [0.05, 0.1) is 0 Å². The number of nitrogens with zero attached hydrogens (tertiary/aromatic N) is 1. The van der Waals surface area contributed by atoms with Crippen molar-refractivity contribution in [1.82, 2.24) is 4.90 Å². The fourth-order valence-electron chi connectivity index (χ4n) is 2.84. The Labute approximate surface area is 137 Å². The van der Waals surface area contributed by atoms with Crippen LogP contribution in [0.1, 0.15) is 54.4 Å². The number of carboxylic acid groups (broad SMARTS) is 1. The first kappa shape index (κ1) is 19.1. The van der Waals surface area contributed by atoms with Gasteiger partial charge in [0.15, 0.2) is 5.54 Å². The molecule has 128 valence electrons. The van der Waals surface area contributed by atoms with Gasteiger partial charge in [-0.15, -0.1) is 0 Å². The molecule has 1 atom stereocenters. The van der Waals surface area contributed by atoms with Crippen molar-refractivity contribution in [2.45, 2.75) is 65.5 Å². The summed E-state index contributed by atoms with van der Waals surface area (Å²) >= 11 is 1.60. The molecule has 1 fully saturated rings. The smallest absolute Gasteiger partial charge is 0.411 e. The number of ether oxygens (including phenoxy) is 1. The van der Waals surface area contributed by atoms with Crippen LogP contribution in [-0.2, 0) is 9.53 Å². The van der Waals surface area contributed by atoms with Crippen LogP contribution in [-0.4, -0.2) is 51.3 Å². The van der Waals surface area contributed by atoms with Crippen molar-refractivity contribution in [3.8, 4) is 0 Å². The van der Waals surface area contributed by atoms with Gasteiger partial charge in [-0.3, -0.25) is 4.90 Å². The average Bonchev–Trinajstić information content (AvgIpc) is 2.31. The standard InChI is InChI=1S/C16H29NO4S/c1-7-8-17(13(20)21-14(2,3)4)16(12(18)19)9-15(5,6)10-22-11-16/h7-11H2,1-6H3,(H,18,19). The lowest BCUT2D eigenvalue weighted by Crippen LogP contribution is -2.63. The Kier molecular flexibility index (Phi) is 5.82. The number of hydrogen-bond acceptors (Lipinski definition) is 4. The van der Waals surface area contributed by atoms with Crippen molar-refractivity contribution in [2.75, 3.05) is 18.1 Å². The molecule has 0 radical (unpaired) electrons. The van der Waals surface area contributed by atoms with Gasteiger partial charge in [-0.25, -0.2) is 9.59 Å². The van der Waals surface area contributed by atoms with E-state index in [0.717, 1.165) is 5.75 Å². The molecule has 1 amide bonds. The van der Waals surface area contributed by atoms with Crippen molar-refractivity contribution < 1.29 is 19.4 Å². The third kappa shape index (κ3) is 4.54. The lowest BCUT2D eigenvalue weighted by Gasteiger charge is -2.47. The van der Waals surface area contributed by atoms with E-state index in [1.54, 1.807) is 32.5 Å². The van der Waals surface area contributed by atoms with Crippen molar-refractivity contribution in [2.24, 2.45) is 5.41 Å². The zero-order chi connectivity index (χ0) is 17.2. The van der Waals surface area contributed by atoms with Gasteiger partial charge in [0, 0.05) is 12.3 Å². The lowest BCUT2D eigenvalue weighted by atomic mass is 9.78. The molecule has 22 heavy (non-hydrogen) atoms. The summed E-state index contributed by atoms with van der Waals surface area (Å²) in [6, 6.07) is 0. The van der Waals surface area contributed by atoms with E-state index in [1.807, 2.05) is 6.92 Å². The molecule has 1 aliphatic rings. The molecule has 1 heterocycles. The van der Waals surface area contributed by atoms with Crippen molar-refractivity contribution >= 4 is 23.8 Å². The molecule has 0 saturated carbocycles. The number of rotatable bonds is 4. The molecule has 1 saturated heterocycles. The lowest BCUT2D eigenvalue weighted by molar-refractivity contribution is -0.152. The molecule has 0 bridgehead atoms. The molecule has 0 aromatic heterocycles. The third-order valence-corrected chi connectivity index (χ3v) is 5.25. The molecule has 0 aromatic carbocycles. The SMILES string of the molecule is CCCN(C(=O)OC(C)(C)C)C1(C(=O)O)CSCC(C)(C)C1. The molecule has 1 rings (SSSR count). The minimum Gasteiger partial charge on any atom is -0.479 e. The van der Waals surface area contributed by atoms with Crippen LogP contribution in [0, 0.1) is 5.41 Å². The molecule has 6 heteroatoms. The average molecular weight is 331 g/mol. The van der Waals surface area contributed by atoms with Gasteiger partial charge in [0.25, 0.3) is 0 Å². The molecular formula is C16H29NO4S. The third-order valence-electron chi connectivity index (χ3n) is 3.58. The molecule has 1 N–H and O–H groups in total. The number of carbonyl (C=O) groups excluding carboxylic acids is 1. The minimum absolute atomic E-state index is 0.130. The van der Waals surface area contributed by atoms with E-state index < -0.39 is 23.2 Å². The topological polar surface area (TPSA) is 66.8 Å². The van der Waals surface area contributed by atoms with E-state index >= 15 is 0 Å². The molecule has 1 unspecified atom stereocenters. The largest absolute Gasteiger partial charge is 0.479 e. The van der Waals surface area contributed by atoms with E-state index in [9.17, 15) is 14.7 Å². The number of aliphatic carboxylic acids is 1. The second-order valence-electron chi connectivity index (χ2n) is 7.80. The molecule has 0 aromatic rings. The van der Waals surface area contributed by atoms with Crippen LogP contribution in [0.15, 0.2) is 0 Å². The van der Waals surface area contributed by atoms with Crippen molar-refractivity contribution in [3.63, 3.8) is 0 Å². The van der Waals surface area contributed by atoms with Crippen molar-refractivity contribution in [3.05, 3.63) is 0 Å². The molecule has 1 aliphatic heterocycles. The van der Waals surface area contributed by atoms with E-state index in [1.165, 1.54) is 4.90 Å². The molecular weight excluding hydrogens is 302 g/mol. The number of carboxylic acids is 1. The summed E-state index contributed by atoms with van der Waals surface area (Å²) in [4.78, 5) is 26.1. The van der Waals surface area contributed by atoms with E-state index in [0.29, 0.717) is 25.1 Å². The zero-order valence-corrected chi connectivity index (χ0v) is 15.4. The van der Waals surface area contributed by atoms with Crippen LogP contribution in [0.3, 0.4) is 0 Å². The zero-order valence-electron chi connectivity index (χ0n) is 14.6. The van der Waals surface area contributed by atoms with Crippen LogP contribution in [0.4, 0.5) is 4.79 Å². The summed E-state index contributed by atoms with van der Waals surface area (Å²) in [6.45, 7) is 11.8. The molecule has 5 nitrogen and oxygen atoms in total. The maximum atomic E-state index is 12.6. The Balaban J connectivity index is 3.17. The van der Waals surface area contributed by atoms with E-state index in [2.05, 4.69) is 13.8 Å². The van der Waals surface area contributed by atoms with Gasteiger partial charge >= 0.3 is 12.1 Å². The summed E-state index contributed by atoms with van der Waals surface area (Å²) in [5.74, 6) is 0.369. The van der Waals surface area contributed by atoms with E-state index in [4.69, 9.17) is 4.74 Å². The summed E-state index contributed by atoms with van der Waals surface area (Å²) in [5.41, 5.74) is -1.96. The summed E-state index contributed by atoms with van der Waals surface area (Å²) in [5, 5.41) is 9.90.